The average Bonchev–Trinajstić information content (AvgIpc) is 2.66. The zero-order valence-corrected chi connectivity index (χ0v) is 17.8. The summed E-state index contributed by atoms with van der Waals surface area (Å²) in [6, 6.07) is 21.4. The van der Waals surface area contributed by atoms with Gasteiger partial charge in [0, 0.05) is 0 Å². The molecule has 0 nitrogen and oxygen atoms in total. The van der Waals surface area contributed by atoms with E-state index in [-0.39, 0.29) is 0 Å². The van der Waals surface area contributed by atoms with Crippen molar-refractivity contribution in [2.75, 3.05) is 0 Å². The molecule has 0 N–H and O–H groups in total. The molecule has 0 aliphatic rings. The molecule has 0 fully saturated rings. The van der Waals surface area contributed by atoms with Gasteiger partial charge in [-0.05, 0) is 46.5 Å². The Morgan fingerprint density at radius 3 is 0.923 bits per heavy atom. The Labute approximate surface area is 162 Å². The minimum absolute atomic E-state index is 1.17. The highest BCUT2D eigenvalue weighted by Crippen LogP contribution is 2.21. The third-order valence-corrected chi connectivity index (χ3v) is 3.25. The van der Waals surface area contributed by atoms with Crippen molar-refractivity contribution in [3.05, 3.63) is 72.8 Å². The van der Waals surface area contributed by atoms with E-state index in [0.717, 1.165) is 0 Å². The second-order valence-corrected chi connectivity index (χ2v) is 6.25. The molecular weight excluding hydrogens is 312 g/mol. The molecule has 142 valence electrons. The number of hydrogen-bond donors (Lipinski definition) is 0. The van der Waals surface area contributed by atoms with Gasteiger partial charge in [0.2, 0.25) is 0 Å². The molecular formula is C26H38. The smallest absolute Gasteiger partial charge is 0.0178 e. The number of fused-ring (bicyclic) bond motifs is 2. The van der Waals surface area contributed by atoms with E-state index in [1.54, 1.807) is 0 Å². The van der Waals surface area contributed by atoms with Gasteiger partial charge in [-0.1, -0.05) is 115 Å². The third-order valence-electron chi connectivity index (χ3n) is 3.25. The van der Waals surface area contributed by atoms with Gasteiger partial charge in [0.1, 0.15) is 0 Å². The topological polar surface area (TPSA) is 0 Å². The van der Waals surface area contributed by atoms with Crippen LogP contribution in [0.5, 0.6) is 0 Å². The van der Waals surface area contributed by atoms with Crippen LogP contribution in [0.2, 0.25) is 0 Å². The van der Waals surface area contributed by atoms with Gasteiger partial charge in [-0.3, -0.25) is 0 Å². The largest absolute Gasteiger partial charge is 0.0888 e. The highest BCUT2D eigenvalue weighted by Gasteiger charge is 1.95. The highest BCUT2D eigenvalue weighted by atomic mass is 14.0. The lowest BCUT2D eigenvalue weighted by Crippen LogP contribution is -1.74. The lowest BCUT2D eigenvalue weighted by Gasteiger charge is -2.00. The van der Waals surface area contributed by atoms with E-state index < -0.39 is 0 Å². The second kappa shape index (κ2) is 16.4. The molecule has 0 aliphatic heterocycles. The van der Waals surface area contributed by atoms with Gasteiger partial charge >= 0.3 is 0 Å². The van der Waals surface area contributed by atoms with Crippen molar-refractivity contribution in [3.63, 3.8) is 0 Å². The van der Waals surface area contributed by atoms with Gasteiger partial charge in [-0.2, -0.15) is 0 Å². The summed E-state index contributed by atoms with van der Waals surface area (Å²) in [6.45, 7) is 12.8. The normalized spacial score (nSPS) is 9.62. The first-order valence-corrected chi connectivity index (χ1v) is 10.2. The maximum absolute atomic E-state index is 2.24. The predicted molar refractivity (Wildman–Crippen MR) is 123 cm³/mol. The monoisotopic (exact) mass is 350 g/mol. The van der Waals surface area contributed by atoms with Crippen molar-refractivity contribution in [3.8, 4) is 0 Å². The van der Waals surface area contributed by atoms with E-state index in [4.69, 9.17) is 0 Å². The van der Waals surface area contributed by atoms with Crippen LogP contribution in [0.25, 0.3) is 21.5 Å². The summed E-state index contributed by atoms with van der Waals surface area (Å²) in [7, 11) is 0. The molecule has 0 atom stereocenters. The lowest BCUT2D eigenvalue weighted by molar-refractivity contribution is 1.09. The minimum Gasteiger partial charge on any atom is -0.0888 e. The van der Waals surface area contributed by atoms with Gasteiger partial charge in [0.15, 0.2) is 0 Å². The molecule has 0 saturated carbocycles. The Morgan fingerprint density at radius 1 is 0.500 bits per heavy atom. The zero-order valence-electron chi connectivity index (χ0n) is 17.8. The van der Waals surface area contributed by atoms with Crippen LogP contribution in [-0.4, -0.2) is 0 Å². The molecule has 0 saturated heterocycles. The van der Waals surface area contributed by atoms with E-state index in [2.05, 4.69) is 114 Å². The molecule has 3 rings (SSSR count). The van der Waals surface area contributed by atoms with Crippen LogP contribution >= 0.6 is 0 Å². The van der Waals surface area contributed by atoms with Gasteiger partial charge in [0.05, 0.1) is 0 Å². The first-order valence-electron chi connectivity index (χ1n) is 10.2. The Kier molecular flexibility index (Phi) is 15.1. The average molecular weight is 351 g/mol. The summed E-state index contributed by atoms with van der Waals surface area (Å²) in [6.07, 6.45) is 9.21. The minimum atomic E-state index is 1.17. The maximum Gasteiger partial charge on any atom is -0.0178 e. The van der Waals surface area contributed by atoms with Crippen LogP contribution in [0.1, 0.15) is 67.2 Å². The molecule has 0 radical (unpaired) electrons. The standard InChI is InChI=1S/C14H10.C6H12.2C3H8/c1-2-6-12-10-14-8-4-3-7-13(14)9-11(12)5-1;1-3-5-6-4-2;2*1-3-2/h1-10H;5-6H,3-4H2,1-2H3;2*3H2,1-2H3/b;6-5+;;. The van der Waals surface area contributed by atoms with Gasteiger partial charge < -0.3 is 0 Å². The summed E-state index contributed by atoms with van der Waals surface area (Å²) < 4.78 is 0. The first kappa shape index (κ1) is 23.9. The van der Waals surface area contributed by atoms with Crippen molar-refractivity contribution < 1.29 is 0 Å². The lowest BCUT2D eigenvalue weighted by atomic mass is 10.0. The number of hydrogen-bond acceptors (Lipinski definition) is 0. The van der Waals surface area contributed by atoms with Crippen molar-refractivity contribution in [2.45, 2.75) is 67.2 Å². The van der Waals surface area contributed by atoms with Crippen molar-refractivity contribution in [2.24, 2.45) is 0 Å². The van der Waals surface area contributed by atoms with Crippen LogP contribution in [0, 0.1) is 0 Å². The summed E-state index contributed by atoms with van der Waals surface area (Å²) in [5.41, 5.74) is 0. The highest BCUT2D eigenvalue weighted by molar-refractivity contribution is 5.98. The fraction of sp³-hybridized carbons (Fsp3) is 0.385. The molecule has 0 bridgehead atoms. The van der Waals surface area contributed by atoms with E-state index in [9.17, 15) is 0 Å². The maximum atomic E-state index is 2.24. The quantitative estimate of drug-likeness (QED) is 0.319. The molecule has 0 unspecified atom stereocenters. The summed E-state index contributed by atoms with van der Waals surface area (Å²) in [5.74, 6) is 0. The number of benzene rings is 3. The molecule has 0 spiro atoms. The molecule has 26 heavy (non-hydrogen) atoms. The molecule has 0 aliphatic carbocycles. The van der Waals surface area contributed by atoms with Crippen LogP contribution in [0.15, 0.2) is 72.8 Å². The number of allylic oxidation sites excluding steroid dienone is 2. The van der Waals surface area contributed by atoms with E-state index in [1.807, 2.05) is 0 Å². The Hall–Kier alpha value is -2.08. The zero-order chi connectivity index (χ0) is 19.6. The molecule has 3 aromatic rings. The Morgan fingerprint density at radius 2 is 0.731 bits per heavy atom. The van der Waals surface area contributed by atoms with Crippen LogP contribution in [0.3, 0.4) is 0 Å². The van der Waals surface area contributed by atoms with Crippen molar-refractivity contribution >= 4 is 21.5 Å². The van der Waals surface area contributed by atoms with Crippen LogP contribution < -0.4 is 0 Å². The fourth-order valence-electron chi connectivity index (χ4n) is 2.22. The third kappa shape index (κ3) is 10.0. The van der Waals surface area contributed by atoms with Gasteiger partial charge in [-0.25, -0.2) is 0 Å². The van der Waals surface area contributed by atoms with E-state index in [0.29, 0.717) is 0 Å². The predicted octanol–water partition coefficient (Wildman–Crippen LogP) is 9.19. The number of rotatable bonds is 2. The molecule has 0 amide bonds. The second-order valence-electron chi connectivity index (χ2n) is 6.25. The molecule has 0 heterocycles. The van der Waals surface area contributed by atoms with Crippen LogP contribution in [0.4, 0.5) is 0 Å². The molecule has 0 aromatic heterocycles. The van der Waals surface area contributed by atoms with Crippen molar-refractivity contribution in [1.29, 1.82) is 0 Å². The SMILES string of the molecule is CC/C=C/CC.CCC.CCC.c1ccc2cc3ccccc3cc2c1. The summed E-state index contributed by atoms with van der Waals surface area (Å²) >= 11 is 0. The van der Waals surface area contributed by atoms with Gasteiger partial charge in [-0.15, -0.1) is 0 Å². The Balaban J connectivity index is 0.000000439. The van der Waals surface area contributed by atoms with E-state index >= 15 is 0 Å². The van der Waals surface area contributed by atoms with Crippen molar-refractivity contribution in [1.82, 2.24) is 0 Å². The summed E-state index contributed by atoms with van der Waals surface area (Å²) in [5, 5.41) is 5.25. The van der Waals surface area contributed by atoms with E-state index in [1.165, 1.54) is 47.2 Å². The van der Waals surface area contributed by atoms with Crippen LogP contribution in [-0.2, 0) is 0 Å². The Bertz CT molecular complexity index is 609. The fourth-order valence-corrected chi connectivity index (χ4v) is 2.22. The molecule has 3 aromatic carbocycles. The summed E-state index contributed by atoms with van der Waals surface area (Å²) in [4.78, 5) is 0. The molecule has 0 heteroatoms. The van der Waals surface area contributed by atoms with Gasteiger partial charge in [0.25, 0.3) is 0 Å². The first-order chi connectivity index (χ1) is 12.7.